The molecule has 0 radical (unpaired) electrons. The second-order valence-corrected chi connectivity index (χ2v) is 7.34. The Hall–Kier alpha value is -3.45. The number of nitrogen functional groups attached to an aromatic ring is 1. The van der Waals surface area contributed by atoms with E-state index in [9.17, 15) is 5.26 Å². The van der Waals surface area contributed by atoms with Crippen LogP contribution in [0, 0.1) is 18.3 Å². The van der Waals surface area contributed by atoms with Crippen molar-refractivity contribution < 1.29 is 0 Å². The van der Waals surface area contributed by atoms with Crippen LogP contribution in [0.4, 0.5) is 17.5 Å². The standard InChI is InChI=1S/C19H24N10/c1-12-4-5-29-15(12)19(28-8-6-27(3)7-9-28)25-17(26-29)13(2)24-18-14(10-20)16(21)22-11-23-18/h4-5,11,13H,6-9H2,1-3H3,(H3,21,22,23,24). The van der Waals surface area contributed by atoms with Crippen LogP contribution < -0.4 is 16.0 Å². The molecule has 3 aromatic rings. The lowest BCUT2D eigenvalue weighted by Crippen LogP contribution is -2.45. The van der Waals surface area contributed by atoms with E-state index in [4.69, 9.17) is 10.7 Å². The first-order chi connectivity index (χ1) is 14.0. The van der Waals surface area contributed by atoms with Crippen molar-refractivity contribution in [2.75, 3.05) is 49.2 Å². The molecule has 1 saturated heterocycles. The number of aromatic nitrogens is 5. The number of likely N-dealkylation sites (N-methyl/N-ethyl adjacent to an activating group) is 1. The molecule has 0 saturated carbocycles. The Morgan fingerprint density at radius 3 is 2.72 bits per heavy atom. The summed E-state index contributed by atoms with van der Waals surface area (Å²) in [6.07, 6.45) is 3.28. The predicted octanol–water partition coefficient (Wildman–Crippen LogP) is 1.21. The van der Waals surface area contributed by atoms with E-state index in [0.29, 0.717) is 11.6 Å². The molecule has 1 atom stereocenters. The summed E-state index contributed by atoms with van der Waals surface area (Å²) in [4.78, 5) is 17.6. The second kappa shape index (κ2) is 7.52. The SMILES string of the molecule is Cc1ccn2nc(C(C)Nc3ncnc(N)c3C#N)nc(N3CCN(C)CC3)c12. The summed E-state index contributed by atoms with van der Waals surface area (Å²) < 4.78 is 1.88. The van der Waals surface area contributed by atoms with Gasteiger partial charge in [0.25, 0.3) is 0 Å². The normalized spacial score (nSPS) is 16.0. The molecular weight excluding hydrogens is 368 g/mol. The number of rotatable bonds is 4. The second-order valence-electron chi connectivity index (χ2n) is 7.34. The molecule has 0 aliphatic carbocycles. The van der Waals surface area contributed by atoms with Crippen molar-refractivity contribution >= 4 is 23.0 Å². The first-order valence-electron chi connectivity index (χ1n) is 9.54. The van der Waals surface area contributed by atoms with Crippen LogP contribution in [0.1, 0.15) is 29.9 Å². The Morgan fingerprint density at radius 2 is 2.00 bits per heavy atom. The van der Waals surface area contributed by atoms with Crippen LogP contribution in [-0.2, 0) is 0 Å². The number of anilines is 3. The summed E-state index contributed by atoms with van der Waals surface area (Å²) in [7, 11) is 2.13. The first-order valence-corrected chi connectivity index (χ1v) is 9.54. The van der Waals surface area contributed by atoms with Crippen molar-refractivity contribution in [2.45, 2.75) is 19.9 Å². The summed E-state index contributed by atoms with van der Waals surface area (Å²) in [6.45, 7) is 7.81. The maximum atomic E-state index is 9.37. The zero-order valence-corrected chi connectivity index (χ0v) is 16.8. The van der Waals surface area contributed by atoms with Gasteiger partial charge >= 0.3 is 0 Å². The molecule has 1 aliphatic heterocycles. The van der Waals surface area contributed by atoms with Crippen LogP contribution in [0.3, 0.4) is 0 Å². The summed E-state index contributed by atoms with van der Waals surface area (Å²) >= 11 is 0. The minimum Gasteiger partial charge on any atom is -0.382 e. The molecule has 1 unspecified atom stereocenters. The Labute approximate surface area is 169 Å². The van der Waals surface area contributed by atoms with Crippen LogP contribution in [0.15, 0.2) is 18.6 Å². The molecule has 0 bridgehead atoms. The topological polar surface area (TPSA) is 124 Å². The highest BCUT2D eigenvalue weighted by atomic mass is 15.3. The minimum absolute atomic E-state index is 0.146. The molecule has 1 fully saturated rings. The number of nitrogens with zero attached hydrogens (tertiary/aromatic N) is 8. The predicted molar refractivity (Wildman–Crippen MR) is 111 cm³/mol. The fourth-order valence-electron chi connectivity index (χ4n) is 3.48. The Bertz CT molecular complexity index is 1070. The lowest BCUT2D eigenvalue weighted by Gasteiger charge is -2.34. The minimum atomic E-state index is -0.283. The van der Waals surface area contributed by atoms with E-state index < -0.39 is 0 Å². The molecule has 10 heteroatoms. The van der Waals surface area contributed by atoms with Gasteiger partial charge in [-0.25, -0.2) is 19.5 Å². The van der Waals surface area contributed by atoms with E-state index in [1.165, 1.54) is 6.33 Å². The third-order valence-electron chi connectivity index (χ3n) is 5.24. The maximum absolute atomic E-state index is 9.37. The third kappa shape index (κ3) is 3.52. The van der Waals surface area contributed by atoms with Crippen LogP contribution in [0.2, 0.25) is 0 Å². The lowest BCUT2D eigenvalue weighted by molar-refractivity contribution is 0.312. The quantitative estimate of drug-likeness (QED) is 0.674. The van der Waals surface area contributed by atoms with Crippen molar-refractivity contribution in [3.05, 3.63) is 35.5 Å². The van der Waals surface area contributed by atoms with Crippen LogP contribution >= 0.6 is 0 Å². The van der Waals surface area contributed by atoms with Crippen molar-refractivity contribution in [1.29, 1.82) is 5.26 Å². The number of hydrogen-bond acceptors (Lipinski definition) is 9. The van der Waals surface area contributed by atoms with E-state index in [1.807, 2.05) is 29.8 Å². The summed E-state index contributed by atoms with van der Waals surface area (Å²) in [5.41, 5.74) is 8.18. The van der Waals surface area contributed by atoms with Crippen molar-refractivity contribution in [3.8, 4) is 6.07 Å². The molecule has 1 aliphatic rings. The average molecular weight is 392 g/mol. The van der Waals surface area contributed by atoms with E-state index in [-0.39, 0.29) is 17.4 Å². The Kier molecular flexibility index (Phi) is 4.90. The number of nitrogens with two attached hydrogens (primary N) is 1. The Balaban J connectivity index is 1.71. The van der Waals surface area contributed by atoms with Gasteiger partial charge in [-0.05, 0) is 32.5 Å². The molecule has 150 valence electrons. The smallest absolute Gasteiger partial charge is 0.173 e. The van der Waals surface area contributed by atoms with Gasteiger partial charge in [0.05, 0.1) is 6.04 Å². The number of hydrogen-bond donors (Lipinski definition) is 2. The van der Waals surface area contributed by atoms with Gasteiger partial charge in [0, 0.05) is 32.4 Å². The number of nitriles is 1. The van der Waals surface area contributed by atoms with E-state index in [0.717, 1.165) is 43.1 Å². The molecule has 3 N–H and O–H groups in total. The maximum Gasteiger partial charge on any atom is 0.173 e. The van der Waals surface area contributed by atoms with Gasteiger partial charge in [-0.3, -0.25) is 0 Å². The van der Waals surface area contributed by atoms with Crippen LogP contribution in [0.25, 0.3) is 5.52 Å². The number of aryl methyl sites for hydroxylation is 1. The summed E-state index contributed by atoms with van der Waals surface area (Å²) in [5.74, 6) is 2.07. The zero-order valence-electron chi connectivity index (χ0n) is 16.8. The summed E-state index contributed by atoms with van der Waals surface area (Å²) in [5, 5.41) is 17.3. The lowest BCUT2D eigenvalue weighted by atomic mass is 10.2. The van der Waals surface area contributed by atoms with Gasteiger partial charge < -0.3 is 20.9 Å². The monoisotopic (exact) mass is 392 g/mol. The van der Waals surface area contributed by atoms with Crippen LogP contribution in [0.5, 0.6) is 0 Å². The largest absolute Gasteiger partial charge is 0.382 e. The molecule has 4 rings (SSSR count). The average Bonchev–Trinajstić information content (AvgIpc) is 3.09. The molecule has 10 nitrogen and oxygen atoms in total. The van der Waals surface area contributed by atoms with Gasteiger partial charge in [-0.2, -0.15) is 10.4 Å². The highest BCUT2D eigenvalue weighted by Gasteiger charge is 2.23. The molecule has 0 spiro atoms. The van der Waals surface area contributed by atoms with E-state index in [1.54, 1.807) is 0 Å². The fraction of sp³-hybridized carbons (Fsp3) is 0.421. The molecule has 3 aromatic heterocycles. The van der Waals surface area contributed by atoms with Gasteiger partial charge in [0.15, 0.2) is 11.6 Å². The Morgan fingerprint density at radius 1 is 1.24 bits per heavy atom. The van der Waals surface area contributed by atoms with E-state index >= 15 is 0 Å². The van der Waals surface area contributed by atoms with Crippen molar-refractivity contribution in [3.63, 3.8) is 0 Å². The molecule has 0 amide bonds. The summed E-state index contributed by atoms with van der Waals surface area (Å²) in [6, 6.07) is 3.81. The number of piperazine rings is 1. The van der Waals surface area contributed by atoms with Gasteiger partial charge in [0.1, 0.15) is 35.1 Å². The van der Waals surface area contributed by atoms with Gasteiger partial charge in [-0.15, -0.1) is 0 Å². The highest BCUT2D eigenvalue weighted by Crippen LogP contribution is 2.27. The highest BCUT2D eigenvalue weighted by molar-refractivity contribution is 5.73. The van der Waals surface area contributed by atoms with Gasteiger partial charge in [0.2, 0.25) is 0 Å². The third-order valence-corrected chi connectivity index (χ3v) is 5.24. The molecule has 4 heterocycles. The van der Waals surface area contributed by atoms with Gasteiger partial charge in [-0.1, -0.05) is 0 Å². The number of fused-ring (bicyclic) bond motifs is 1. The van der Waals surface area contributed by atoms with Crippen molar-refractivity contribution in [1.82, 2.24) is 29.5 Å². The van der Waals surface area contributed by atoms with Crippen molar-refractivity contribution in [2.24, 2.45) is 0 Å². The molecule has 29 heavy (non-hydrogen) atoms. The first kappa shape index (κ1) is 18.9. The zero-order chi connectivity index (χ0) is 20.5. The number of nitrogens with one attached hydrogen (secondary N) is 1. The molecular formula is C19H24N10. The van der Waals surface area contributed by atoms with Crippen LogP contribution in [-0.4, -0.2) is 62.7 Å². The molecule has 0 aromatic carbocycles. The fourth-order valence-corrected chi connectivity index (χ4v) is 3.48. The van der Waals surface area contributed by atoms with E-state index in [2.05, 4.69) is 44.2 Å².